The van der Waals surface area contributed by atoms with Crippen LogP contribution in [0.5, 0.6) is 5.75 Å². The zero-order valence-electron chi connectivity index (χ0n) is 13.0. The molecule has 25 heavy (non-hydrogen) atoms. The minimum Gasteiger partial charge on any atom is -0.482 e. The zero-order chi connectivity index (χ0) is 19.2. The van der Waals surface area contributed by atoms with E-state index >= 15 is 0 Å². The number of carboxylic acid groups (broad SMARTS) is 1. The van der Waals surface area contributed by atoms with Gasteiger partial charge in [0.15, 0.2) is 12.2 Å². The van der Waals surface area contributed by atoms with Crippen molar-refractivity contribution in [1.29, 1.82) is 0 Å². The Hall–Kier alpha value is -2.20. The van der Waals surface area contributed by atoms with Crippen LogP contribution in [0.4, 0.5) is 13.2 Å². The zero-order valence-corrected chi connectivity index (χ0v) is 13.7. The first-order valence-electron chi connectivity index (χ1n) is 6.94. The highest BCUT2D eigenvalue weighted by atomic mass is 35.5. The van der Waals surface area contributed by atoms with Crippen molar-refractivity contribution >= 4 is 28.7 Å². The predicted octanol–water partition coefficient (Wildman–Crippen LogP) is 2.66. The molecule has 0 amide bonds. The molecule has 0 bridgehead atoms. The first-order valence-corrected chi connectivity index (χ1v) is 7.32. The van der Waals surface area contributed by atoms with Gasteiger partial charge in [0, 0.05) is 19.2 Å². The number of alkyl halides is 3. The number of hydrogen-bond acceptors (Lipinski definition) is 5. The number of oxazole rings is 1. The number of benzene rings is 1. The first kappa shape index (κ1) is 20.8. The van der Waals surface area contributed by atoms with Gasteiger partial charge < -0.3 is 19.4 Å². The number of carboxylic acids is 1. The van der Waals surface area contributed by atoms with E-state index in [0.717, 1.165) is 10.6 Å². The van der Waals surface area contributed by atoms with E-state index in [1.54, 1.807) is 6.92 Å². The van der Waals surface area contributed by atoms with Crippen LogP contribution in [0.25, 0.3) is 11.1 Å². The number of aliphatic hydroxyl groups excluding tert-OH is 1. The van der Waals surface area contributed by atoms with E-state index in [1.807, 2.05) is 0 Å². The fraction of sp³-hybridized carbons (Fsp3) is 0.429. The molecule has 2 N–H and O–H groups in total. The van der Waals surface area contributed by atoms with Crippen molar-refractivity contribution < 1.29 is 37.3 Å². The van der Waals surface area contributed by atoms with Gasteiger partial charge in [0.05, 0.1) is 17.0 Å². The summed E-state index contributed by atoms with van der Waals surface area (Å²) in [5.74, 6) is -2.23. The van der Waals surface area contributed by atoms with Crippen LogP contribution in [-0.2, 0) is 11.3 Å². The summed E-state index contributed by atoms with van der Waals surface area (Å²) in [7, 11) is 0. The number of carbonyl (C=O) groups is 1. The molecule has 1 aromatic heterocycles. The van der Waals surface area contributed by atoms with Gasteiger partial charge in [-0.1, -0.05) is 11.6 Å². The van der Waals surface area contributed by atoms with Crippen molar-refractivity contribution in [2.45, 2.75) is 26.1 Å². The van der Waals surface area contributed by atoms with Crippen LogP contribution >= 0.6 is 11.6 Å². The summed E-state index contributed by atoms with van der Waals surface area (Å²) in [6, 6.07) is 2.25. The molecule has 2 aromatic rings. The van der Waals surface area contributed by atoms with Gasteiger partial charge in [-0.25, -0.2) is 4.79 Å². The largest absolute Gasteiger partial charge is 0.482 e. The van der Waals surface area contributed by atoms with Gasteiger partial charge in [-0.3, -0.25) is 9.36 Å². The van der Waals surface area contributed by atoms with Gasteiger partial charge in [0.25, 0.3) is 0 Å². The van der Waals surface area contributed by atoms with Crippen LogP contribution in [0.2, 0.25) is 5.02 Å². The molecule has 0 aliphatic carbocycles. The molecule has 1 aromatic carbocycles. The summed E-state index contributed by atoms with van der Waals surface area (Å²) in [6.07, 6.45) is -4.86. The maximum Gasteiger partial charge on any atom is 0.422 e. The van der Waals surface area contributed by atoms with Crippen molar-refractivity contribution in [2.75, 3.05) is 13.2 Å². The summed E-state index contributed by atoms with van der Waals surface area (Å²) in [6.45, 7) is 0.239. The molecule has 0 spiro atoms. The van der Waals surface area contributed by atoms with E-state index in [4.69, 9.17) is 26.2 Å². The maximum atomic E-state index is 12.1. The molecular weight excluding hydrogens is 371 g/mol. The second-order valence-corrected chi connectivity index (χ2v) is 5.04. The van der Waals surface area contributed by atoms with E-state index in [1.165, 1.54) is 6.07 Å². The van der Waals surface area contributed by atoms with Crippen molar-refractivity contribution in [3.05, 3.63) is 27.7 Å². The van der Waals surface area contributed by atoms with Gasteiger partial charge in [-0.05, 0) is 13.0 Å². The second kappa shape index (κ2) is 8.77. The van der Waals surface area contributed by atoms with Crippen LogP contribution < -0.4 is 10.5 Å². The Balaban J connectivity index is 0.000000970. The lowest BCUT2D eigenvalue weighted by molar-refractivity contribution is -0.153. The second-order valence-electron chi connectivity index (χ2n) is 4.63. The molecule has 0 saturated heterocycles. The number of hydrogen-bond donors (Lipinski definition) is 2. The van der Waals surface area contributed by atoms with E-state index < -0.39 is 24.5 Å². The molecule has 0 fully saturated rings. The number of aliphatic hydroxyl groups is 1. The first-order chi connectivity index (χ1) is 11.6. The Morgan fingerprint density at radius 3 is 2.52 bits per heavy atom. The van der Waals surface area contributed by atoms with Crippen LogP contribution in [0.1, 0.15) is 13.3 Å². The van der Waals surface area contributed by atoms with E-state index in [9.17, 15) is 22.8 Å². The fourth-order valence-corrected chi connectivity index (χ4v) is 1.97. The Labute approximate surface area is 144 Å². The Bertz CT molecular complexity index is 783. The molecular formula is C14H15ClF3NO6. The Kier molecular flexibility index (Phi) is 7.31. The SMILES string of the molecule is CCO.O=C(O)CCn1c(=O)oc2cc(OCC(F)(F)F)c(Cl)cc21. The normalized spacial score (nSPS) is 11.1. The van der Waals surface area contributed by atoms with Gasteiger partial charge in [0.1, 0.15) is 5.75 Å². The Morgan fingerprint density at radius 2 is 2.00 bits per heavy atom. The van der Waals surface area contributed by atoms with Crippen LogP contribution in [-0.4, -0.2) is 40.1 Å². The van der Waals surface area contributed by atoms with Gasteiger partial charge in [-0.15, -0.1) is 0 Å². The molecule has 0 aliphatic rings. The molecule has 7 nitrogen and oxygen atoms in total. The number of ether oxygens (including phenoxy) is 1. The quantitative estimate of drug-likeness (QED) is 0.820. The maximum absolute atomic E-state index is 12.1. The van der Waals surface area contributed by atoms with Gasteiger partial charge in [-0.2, -0.15) is 13.2 Å². The third-order valence-electron chi connectivity index (χ3n) is 2.66. The smallest absolute Gasteiger partial charge is 0.422 e. The number of aromatic nitrogens is 1. The summed E-state index contributed by atoms with van der Waals surface area (Å²) < 4.78 is 46.8. The minimum atomic E-state index is -4.54. The number of aryl methyl sites for hydroxylation is 1. The molecule has 0 saturated carbocycles. The molecule has 0 aliphatic heterocycles. The number of rotatable bonds is 5. The summed E-state index contributed by atoms with van der Waals surface area (Å²) in [5.41, 5.74) is 0.132. The lowest BCUT2D eigenvalue weighted by atomic mass is 10.3. The van der Waals surface area contributed by atoms with Crippen LogP contribution in [0, 0.1) is 0 Å². The predicted molar refractivity (Wildman–Crippen MR) is 82.0 cm³/mol. The van der Waals surface area contributed by atoms with Crippen molar-refractivity contribution in [3.63, 3.8) is 0 Å². The lowest BCUT2D eigenvalue weighted by Crippen LogP contribution is -2.19. The third kappa shape index (κ3) is 6.31. The average Bonchev–Trinajstić information content (AvgIpc) is 2.77. The van der Waals surface area contributed by atoms with Crippen molar-refractivity contribution in [2.24, 2.45) is 0 Å². The fourth-order valence-electron chi connectivity index (χ4n) is 1.75. The number of fused-ring (bicyclic) bond motifs is 1. The number of nitrogens with zero attached hydrogens (tertiary/aromatic N) is 1. The summed E-state index contributed by atoms with van der Waals surface area (Å²) in [5, 5.41) is 16.0. The molecule has 0 atom stereocenters. The standard InChI is InChI=1S/C12H9ClF3NO5.C2H6O/c13-6-3-7-9(4-8(6)21-5-12(14,15)16)22-11(20)17(7)2-1-10(18)19;1-2-3/h3-4H,1-2,5H2,(H,18,19);3H,2H2,1H3. The molecule has 11 heteroatoms. The number of halogens is 4. The van der Waals surface area contributed by atoms with Crippen LogP contribution in [0.3, 0.4) is 0 Å². The highest BCUT2D eigenvalue weighted by Crippen LogP contribution is 2.31. The Morgan fingerprint density at radius 1 is 1.40 bits per heavy atom. The molecule has 0 radical (unpaired) electrons. The highest BCUT2D eigenvalue weighted by molar-refractivity contribution is 6.32. The molecule has 1 heterocycles. The monoisotopic (exact) mass is 385 g/mol. The molecule has 2 rings (SSSR count). The minimum absolute atomic E-state index is 0.0445. The van der Waals surface area contributed by atoms with E-state index in [0.29, 0.717) is 0 Å². The topological polar surface area (TPSA) is 102 Å². The third-order valence-corrected chi connectivity index (χ3v) is 2.96. The van der Waals surface area contributed by atoms with Crippen molar-refractivity contribution in [3.8, 4) is 5.75 Å². The highest BCUT2D eigenvalue weighted by Gasteiger charge is 2.29. The van der Waals surface area contributed by atoms with Gasteiger partial charge >= 0.3 is 17.9 Å². The number of aliphatic carboxylic acids is 1. The molecule has 140 valence electrons. The van der Waals surface area contributed by atoms with E-state index in [-0.39, 0.29) is 41.4 Å². The van der Waals surface area contributed by atoms with Gasteiger partial charge in [0.2, 0.25) is 0 Å². The summed E-state index contributed by atoms with van der Waals surface area (Å²) >= 11 is 5.81. The average molecular weight is 386 g/mol. The van der Waals surface area contributed by atoms with Crippen molar-refractivity contribution in [1.82, 2.24) is 4.57 Å². The summed E-state index contributed by atoms with van der Waals surface area (Å²) in [4.78, 5) is 22.2. The lowest BCUT2D eigenvalue weighted by Gasteiger charge is -2.10. The molecule has 0 unspecified atom stereocenters. The van der Waals surface area contributed by atoms with E-state index in [2.05, 4.69) is 4.74 Å². The van der Waals surface area contributed by atoms with Crippen LogP contribution in [0.15, 0.2) is 21.3 Å².